The van der Waals surface area contributed by atoms with Gasteiger partial charge in [0.05, 0.1) is 6.54 Å². The highest BCUT2D eigenvalue weighted by Crippen LogP contribution is 2.13. The molecule has 1 N–H and O–H groups in total. The second-order valence-electron chi connectivity index (χ2n) is 4.17. The molecule has 2 amide bonds. The van der Waals surface area contributed by atoms with Crippen LogP contribution in [0.2, 0.25) is 0 Å². The second-order valence-corrected chi connectivity index (χ2v) is 5.73. The Kier molecular flexibility index (Phi) is 4.97. The Labute approximate surface area is 128 Å². The van der Waals surface area contributed by atoms with Crippen molar-refractivity contribution in [1.29, 1.82) is 0 Å². The predicted octanol–water partition coefficient (Wildman–Crippen LogP) is 2.49. The lowest BCUT2D eigenvalue weighted by molar-refractivity contribution is -0.129. The van der Waals surface area contributed by atoms with Crippen molar-refractivity contribution in [2.75, 3.05) is 13.6 Å². The first-order valence-corrected chi connectivity index (χ1v) is 7.58. The molecule has 0 spiro atoms. The number of hydrogen-bond donors (Lipinski definition) is 1. The fourth-order valence-corrected chi connectivity index (χ4v) is 2.53. The van der Waals surface area contributed by atoms with Crippen LogP contribution in [0, 0.1) is 0 Å². The van der Waals surface area contributed by atoms with Crippen molar-refractivity contribution in [3.05, 3.63) is 45.0 Å². The summed E-state index contributed by atoms with van der Waals surface area (Å²) in [6, 6.07) is 5.13. The van der Waals surface area contributed by atoms with E-state index in [0.29, 0.717) is 11.2 Å². The predicted molar refractivity (Wildman–Crippen MR) is 79.5 cm³/mol. The number of rotatable bonds is 5. The number of likely N-dealkylation sites (N-methyl/N-ethyl adjacent to an activating group) is 1. The van der Waals surface area contributed by atoms with Crippen LogP contribution in [0.1, 0.15) is 16.1 Å². The number of thiophene rings is 1. The van der Waals surface area contributed by atoms with Crippen molar-refractivity contribution in [3.63, 3.8) is 0 Å². The summed E-state index contributed by atoms with van der Waals surface area (Å²) >= 11 is 4.70. The van der Waals surface area contributed by atoms with Crippen molar-refractivity contribution < 1.29 is 14.0 Å². The lowest BCUT2D eigenvalue weighted by atomic mass is 10.3. The van der Waals surface area contributed by atoms with E-state index in [1.165, 1.54) is 0 Å². The summed E-state index contributed by atoms with van der Waals surface area (Å²) in [5.41, 5.74) is 1.08. The van der Waals surface area contributed by atoms with Crippen molar-refractivity contribution in [2.24, 2.45) is 0 Å². The van der Waals surface area contributed by atoms with Crippen molar-refractivity contribution >= 4 is 39.1 Å². The summed E-state index contributed by atoms with van der Waals surface area (Å²) in [6.45, 7) is 0.474. The molecular formula is C13H13BrN2O3S. The van der Waals surface area contributed by atoms with Gasteiger partial charge >= 0.3 is 0 Å². The third-order valence-corrected chi connectivity index (χ3v) is 3.78. The standard InChI is InChI=1S/C13H13BrN2O3S/c1-16(7-9-4-5-20-8-9)12(17)6-15-13(18)10-2-3-11(14)19-10/h2-5,8H,6-7H2,1H3,(H,15,18). The highest BCUT2D eigenvalue weighted by Gasteiger charge is 2.14. The number of furan rings is 1. The van der Waals surface area contributed by atoms with Crippen LogP contribution in [0.4, 0.5) is 0 Å². The molecule has 0 radical (unpaired) electrons. The molecule has 0 unspecified atom stereocenters. The lowest BCUT2D eigenvalue weighted by Crippen LogP contribution is -2.37. The minimum Gasteiger partial charge on any atom is -0.444 e. The Hall–Kier alpha value is -1.60. The van der Waals surface area contributed by atoms with Gasteiger partial charge in [-0.15, -0.1) is 0 Å². The largest absolute Gasteiger partial charge is 0.444 e. The molecular weight excluding hydrogens is 344 g/mol. The van der Waals surface area contributed by atoms with E-state index < -0.39 is 5.91 Å². The van der Waals surface area contributed by atoms with Gasteiger partial charge in [-0.25, -0.2) is 0 Å². The van der Waals surface area contributed by atoms with Gasteiger partial charge in [0.2, 0.25) is 5.91 Å². The van der Waals surface area contributed by atoms with Crippen LogP contribution in [0.15, 0.2) is 38.0 Å². The van der Waals surface area contributed by atoms with E-state index in [9.17, 15) is 9.59 Å². The van der Waals surface area contributed by atoms with Crippen LogP contribution in [0.5, 0.6) is 0 Å². The highest BCUT2D eigenvalue weighted by molar-refractivity contribution is 9.10. The molecule has 0 atom stereocenters. The zero-order chi connectivity index (χ0) is 14.5. The molecule has 0 aliphatic rings. The number of halogens is 1. The third-order valence-electron chi connectivity index (χ3n) is 2.62. The maximum absolute atomic E-state index is 11.9. The molecule has 2 aromatic heterocycles. The average molecular weight is 357 g/mol. The van der Waals surface area contributed by atoms with Crippen molar-refractivity contribution in [2.45, 2.75) is 6.54 Å². The molecule has 0 saturated carbocycles. The Morgan fingerprint density at radius 3 is 2.80 bits per heavy atom. The summed E-state index contributed by atoms with van der Waals surface area (Å²) < 4.78 is 5.58. The van der Waals surface area contributed by atoms with E-state index in [1.54, 1.807) is 35.4 Å². The molecule has 5 nitrogen and oxygen atoms in total. The molecule has 2 heterocycles. The van der Waals surface area contributed by atoms with Gasteiger partial charge in [-0.05, 0) is 50.5 Å². The van der Waals surface area contributed by atoms with E-state index in [1.807, 2.05) is 16.8 Å². The number of nitrogens with zero attached hydrogens (tertiary/aromatic N) is 1. The van der Waals surface area contributed by atoms with Crippen LogP contribution < -0.4 is 5.32 Å². The molecule has 106 valence electrons. The van der Waals surface area contributed by atoms with Crippen molar-refractivity contribution in [3.8, 4) is 0 Å². The smallest absolute Gasteiger partial charge is 0.287 e. The minimum atomic E-state index is -0.409. The van der Waals surface area contributed by atoms with E-state index in [0.717, 1.165) is 5.56 Å². The zero-order valence-corrected chi connectivity index (χ0v) is 13.2. The molecule has 0 saturated heterocycles. The van der Waals surface area contributed by atoms with Gasteiger partial charge in [-0.3, -0.25) is 9.59 Å². The van der Waals surface area contributed by atoms with Crippen molar-refractivity contribution in [1.82, 2.24) is 10.2 Å². The minimum absolute atomic E-state index is 0.0577. The van der Waals surface area contributed by atoms with Crippen LogP contribution >= 0.6 is 27.3 Å². The Bertz CT molecular complexity index is 595. The maximum atomic E-state index is 11.9. The first-order chi connectivity index (χ1) is 9.56. The van der Waals surface area contributed by atoms with Gasteiger partial charge in [-0.2, -0.15) is 11.3 Å². The molecule has 0 aromatic carbocycles. The van der Waals surface area contributed by atoms with Crippen LogP contribution in [-0.2, 0) is 11.3 Å². The van der Waals surface area contributed by atoms with E-state index >= 15 is 0 Å². The fourth-order valence-electron chi connectivity index (χ4n) is 1.56. The molecule has 2 rings (SSSR count). The summed E-state index contributed by atoms with van der Waals surface area (Å²) in [7, 11) is 1.70. The Morgan fingerprint density at radius 1 is 1.40 bits per heavy atom. The monoisotopic (exact) mass is 356 g/mol. The van der Waals surface area contributed by atoms with Gasteiger partial charge in [0, 0.05) is 13.6 Å². The van der Waals surface area contributed by atoms with Gasteiger partial charge < -0.3 is 14.6 Å². The second kappa shape index (κ2) is 6.71. The molecule has 7 heteroatoms. The molecule has 20 heavy (non-hydrogen) atoms. The average Bonchev–Trinajstić information content (AvgIpc) is 3.07. The highest BCUT2D eigenvalue weighted by atomic mass is 79.9. The first-order valence-electron chi connectivity index (χ1n) is 5.85. The van der Waals surface area contributed by atoms with E-state index in [2.05, 4.69) is 21.2 Å². The topological polar surface area (TPSA) is 62.6 Å². The molecule has 2 aromatic rings. The van der Waals surface area contributed by atoms with Gasteiger partial charge in [0.15, 0.2) is 10.4 Å². The first kappa shape index (κ1) is 14.8. The van der Waals surface area contributed by atoms with Crippen LogP contribution in [-0.4, -0.2) is 30.3 Å². The quantitative estimate of drug-likeness (QED) is 0.894. The van der Waals surface area contributed by atoms with Gasteiger partial charge in [0.1, 0.15) is 0 Å². The zero-order valence-electron chi connectivity index (χ0n) is 10.8. The Morgan fingerprint density at radius 2 is 2.20 bits per heavy atom. The number of carbonyl (C=O) groups is 2. The number of hydrogen-bond acceptors (Lipinski definition) is 4. The molecule has 0 aliphatic heterocycles. The molecule has 0 bridgehead atoms. The van der Waals surface area contributed by atoms with Crippen LogP contribution in [0.3, 0.4) is 0 Å². The van der Waals surface area contributed by atoms with E-state index in [-0.39, 0.29) is 18.2 Å². The van der Waals surface area contributed by atoms with E-state index in [4.69, 9.17) is 4.42 Å². The Balaban J connectivity index is 1.81. The summed E-state index contributed by atoms with van der Waals surface area (Å²) in [5, 5.41) is 6.48. The number of carbonyl (C=O) groups excluding carboxylic acids is 2. The molecule has 0 aliphatic carbocycles. The fraction of sp³-hybridized carbons (Fsp3) is 0.231. The SMILES string of the molecule is CN(Cc1ccsc1)C(=O)CNC(=O)c1ccc(Br)o1. The van der Waals surface area contributed by atoms with Crippen LogP contribution in [0.25, 0.3) is 0 Å². The lowest BCUT2D eigenvalue weighted by Gasteiger charge is -2.16. The summed E-state index contributed by atoms with van der Waals surface area (Å²) in [5.74, 6) is -0.395. The van der Waals surface area contributed by atoms with Gasteiger partial charge in [0.25, 0.3) is 5.91 Å². The van der Waals surface area contributed by atoms with Gasteiger partial charge in [-0.1, -0.05) is 0 Å². The summed E-state index contributed by atoms with van der Waals surface area (Å²) in [4.78, 5) is 25.2. The molecule has 0 fully saturated rings. The summed E-state index contributed by atoms with van der Waals surface area (Å²) in [6.07, 6.45) is 0. The number of amides is 2. The normalized spacial score (nSPS) is 10.3. The maximum Gasteiger partial charge on any atom is 0.287 e. The number of nitrogens with one attached hydrogen (secondary N) is 1. The third kappa shape index (κ3) is 3.94.